The second-order valence-corrected chi connectivity index (χ2v) is 7.05. The number of carbonyl (C=O) groups is 2. The van der Waals surface area contributed by atoms with Gasteiger partial charge in [-0.25, -0.2) is 4.79 Å². The van der Waals surface area contributed by atoms with E-state index in [1.807, 2.05) is 65.5 Å². The molecule has 31 heavy (non-hydrogen) atoms. The SMILES string of the molecule is COc1ccccc1-c1nn(Cc2ccccc2)cc1/C=C/C(=O)OCC(=O)N(C)C. The lowest BCUT2D eigenvalue weighted by Gasteiger charge is -2.09. The minimum absolute atomic E-state index is 0.285. The van der Waals surface area contributed by atoms with E-state index in [-0.39, 0.29) is 12.5 Å². The molecule has 0 N–H and O–H groups in total. The molecular formula is C24H25N3O4. The van der Waals surface area contributed by atoms with Gasteiger partial charge in [-0.3, -0.25) is 9.48 Å². The predicted octanol–water partition coefficient (Wildman–Crippen LogP) is 3.25. The summed E-state index contributed by atoms with van der Waals surface area (Å²) in [5.74, 6) is -0.203. The number of benzene rings is 2. The first-order valence-electron chi connectivity index (χ1n) is 9.77. The quantitative estimate of drug-likeness (QED) is 0.414. The maximum atomic E-state index is 12.1. The number of rotatable bonds is 8. The van der Waals surface area contributed by atoms with Crippen LogP contribution in [0.4, 0.5) is 0 Å². The Morgan fingerprint density at radius 1 is 1.06 bits per heavy atom. The van der Waals surface area contributed by atoms with Crippen LogP contribution in [0.25, 0.3) is 17.3 Å². The van der Waals surface area contributed by atoms with E-state index < -0.39 is 5.97 Å². The van der Waals surface area contributed by atoms with Crippen LogP contribution in [-0.4, -0.2) is 54.4 Å². The molecule has 1 amide bonds. The average Bonchev–Trinajstić information content (AvgIpc) is 3.18. The van der Waals surface area contributed by atoms with Gasteiger partial charge in [0.1, 0.15) is 11.4 Å². The summed E-state index contributed by atoms with van der Waals surface area (Å²) in [5, 5.41) is 4.73. The van der Waals surface area contributed by atoms with Crippen LogP contribution in [0.5, 0.6) is 5.75 Å². The highest BCUT2D eigenvalue weighted by molar-refractivity contribution is 5.90. The van der Waals surface area contributed by atoms with Gasteiger partial charge in [0.25, 0.3) is 5.91 Å². The van der Waals surface area contributed by atoms with Gasteiger partial charge in [-0.2, -0.15) is 5.10 Å². The summed E-state index contributed by atoms with van der Waals surface area (Å²) < 4.78 is 12.3. The molecule has 0 bridgehead atoms. The normalized spacial score (nSPS) is 10.8. The molecule has 160 valence electrons. The molecule has 1 heterocycles. The summed E-state index contributed by atoms with van der Waals surface area (Å²) in [6.45, 7) is 0.279. The lowest BCUT2D eigenvalue weighted by atomic mass is 10.1. The Bertz CT molecular complexity index is 1070. The summed E-state index contributed by atoms with van der Waals surface area (Å²) in [7, 11) is 4.81. The topological polar surface area (TPSA) is 73.7 Å². The largest absolute Gasteiger partial charge is 0.496 e. The fourth-order valence-corrected chi connectivity index (χ4v) is 2.93. The summed E-state index contributed by atoms with van der Waals surface area (Å²) in [4.78, 5) is 25.1. The highest BCUT2D eigenvalue weighted by Gasteiger charge is 2.14. The van der Waals surface area contributed by atoms with Crippen LogP contribution in [0.3, 0.4) is 0 Å². The summed E-state index contributed by atoms with van der Waals surface area (Å²) >= 11 is 0. The highest BCUT2D eigenvalue weighted by Crippen LogP contribution is 2.31. The van der Waals surface area contributed by atoms with Crippen molar-refractivity contribution >= 4 is 18.0 Å². The van der Waals surface area contributed by atoms with Crippen LogP contribution in [0, 0.1) is 0 Å². The van der Waals surface area contributed by atoms with Gasteiger partial charge in [0.2, 0.25) is 0 Å². The highest BCUT2D eigenvalue weighted by atomic mass is 16.5. The minimum atomic E-state index is -0.600. The number of hydrogen-bond donors (Lipinski definition) is 0. The third-order valence-electron chi connectivity index (χ3n) is 4.58. The van der Waals surface area contributed by atoms with Crippen molar-refractivity contribution < 1.29 is 19.1 Å². The number of amides is 1. The molecule has 7 nitrogen and oxygen atoms in total. The van der Waals surface area contributed by atoms with E-state index in [0.717, 1.165) is 16.7 Å². The third-order valence-corrected chi connectivity index (χ3v) is 4.58. The van der Waals surface area contributed by atoms with Gasteiger partial charge in [-0.05, 0) is 23.8 Å². The Morgan fingerprint density at radius 2 is 1.77 bits per heavy atom. The van der Waals surface area contributed by atoms with E-state index in [4.69, 9.17) is 14.6 Å². The zero-order valence-corrected chi connectivity index (χ0v) is 17.8. The lowest BCUT2D eigenvalue weighted by molar-refractivity contribution is -0.146. The number of methoxy groups -OCH3 is 1. The van der Waals surface area contributed by atoms with Crippen LogP contribution in [0.2, 0.25) is 0 Å². The molecule has 2 aromatic carbocycles. The zero-order valence-electron chi connectivity index (χ0n) is 17.8. The van der Waals surface area contributed by atoms with E-state index >= 15 is 0 Å². The maximum absolute atomic E-state index is 12.1. The van der Waals surface area contributed by atoms with Gasteiger partial charge in [-0.1, -0.05) is 42.5 Å². The monoisotopic (exact) mass is 419 g/mol. The number of likely N-dealkylation sites (N-methyl/N-ethyl adjacent to an activating group) is 1. The van der Waals surface area contributed by atoms with Gasteiger partial charge in [0.15, 0.2) is 6.61 Å². The molecule has 0 fully saturated rings. The number of para-hydroxylation sites is 1. The summed E-state index contributed by atoms with van der Waals surface area (Å²) in [6.07, 6.45) is 4.80. The number of ether oxygens (including phenoxy) is 2. The van der Waals surface area contributed by atoms with Gasteiger partial charge in [-0.15, -0.1) is 0 Å². The first-order valence-corrected chi connectivity index (χ1v) is 9.77. The Hall–Kier alpha value is -3.87. The first kappa shape index (κ1) is 21.8. The predicted molar refractivity (Wildman–Crippen MR) is 118 cm³/mol. The average molecular weight is 419 g/mol. The van der Waals surface area contributed by atoms with E-state index in [1.165, 1.54) is 11.0 Å². The van der Waals surface area contributed by atoms with Crippen LogP contribution >= 0.6 is 0 Å². The molecule has 0 atom stereocenters. The lowest BCUT2D eigenvalue weighted by Crippen LogP contribution is -2.27. The molecule has 0 radical (unpaired) electrons. The van der Waals surface area contributed by atoms with Gasteiger partial charge >= 0.3 is 5.97 Å². The third kappa shape index (κ3) is 5.82. The van der Waals surface area contributed by atoms with Crippen LogP contribution in [-0.2, 0) is 20.9 Å². The number of aromatic nitrogens is 2. The number of hydrogen-bond acceptors (Lipinski definition) is 5. The van der Waals surface area contributed by atoms with Crippen molar-refractivity contribution in [3.63, 3.8) is 0 Å². The molecule has 0 aliphatic heterocycles. The molecule has 3 aromatic rings. The van der Waals surface area contributed by atoms with Crippen molar-refractivity contribution in [1.82, 2.24) is 14.7 Å². The van der Waals surface area contributed by atoms with Crippen molar-refractivity contribution in [2.45, 2.75) is 6.54 Å². The first-order chi connectivity index (χ1) is 15.0. The smallest absolute Gasteiger partial charge is 0.331 e. The number of carbonyl (C=O) groups excluding carboxylic acids is 2. The molecule has 1 aromatic heterocycles. The van der Waals surface area contributed by atoms with Gasteiger partial charge < -0.3 is 14.4 Å². The molecule has 7 heteroatoms. The molecule has 0 saturated carbocycles. The second-order valence-electron chi connectivity index (χ2n) is 7.05. The minimum Gasteiger partial charge on any atom is -0.496 e. The molecular weight excluding hydrogens is 394 g/mol. The Balaban J connectivity index is 1.88. The van der Waals surface area contributed by atoms with Gasteiger partial charge in [0, 0.05) is 37.5 Å². The molecule has 0 aliphatic rings. The Labute approximate surface area is 181 Å². The zero-order chi connectivity index (χ0) is 22.2. The Morgan fingerprint density at radius 3 is 2.48 bits per heavy atom. The summed E-state index contributed by atoms with van der Waals surface area (Å²) in [6, 6.07) is 17.5. The van der Waals surface area contributed by atoms with Crippen molar-refractivity contribution in [2.75, 3.05) is 27.8 Å². The fourth-order valence-electron chi connectivity index (χ4n) is 2.93. The molecule has 0 unspecified atom stereocenters. The molecule has 0 aliphatic carbocycles. The fraction of sp³-hybridized carbons (Fsp3) is 0.208. The van der Waals surface area contributed by atoms with Crippen LogP contribution in [0.1, 0.15) is 11.1 Å². The molecule has 3 rings (SSSR count). The van der Waals surface area contributed by atoms with E-state index in [2.05, 4.69) is 0 Å². The van der Waals surface area contributed by atoms with Crippen molar-refractivity contribution in [3.05, 3.63) is 78.0 Å². The van der Waals surface area contributed by atoms with Crippen molar-refractivity contribution in [3.8, 4) is 17.0 Å². The molecule has 0 spiro atoms. The van der Waals surface area contributed by atoms with E-state index in [9.17, 15) is 9.59 Å². The Kier molecular flexibility index (Phi) is 7.22. The van der Waals surface area contributed by atoms with Gasteiger partial charge in [0.05, 0.1) is 13.7 Å². The van der Waals surface area contributed by atoms with Crippen LogP contribution < -0.4 is 4.74 Å². The van der Waals surface area contributed by atoms with E-state index in [0.29, 0.717) is 18.0 Å². The second kappa shape index (κ2) is 10.2. The summed E-state index contributed by atoms with van der Waals surface area (Å²) in [5.41, 5.74) is 3.33. The number of esters is 1. The van der Waals surface area contributed by atoms with Crippen molar-refractivity contribution in [1.29, 1.82) is 0 Å². The number of nitrogens with zero attached hydrogens (tertiary/aromatic N) is 3. The maximum Gasteiger partial charge on any atom is 0.331 e. The molecule has 0 saturated heterocycles. The van der Waals surface area contributed by atoms with E-state index in [1.54, 1.807) is 27.3 Å². The van der Waals surface area contributed by atoms with Crippen molar-refractivity contribution in [2.24, 2.45) is 0 Å². The van der Waals surface area contributed by atoms with Crippen LogP contribution in [0.15, 0.2) is 66.9 Å². The standard InChI is InChI=1S/C24H25N3O4/c1-26(2)22(28)17-31-23(29)14-13-19-16-27(15-18-9-5-4-6-10-18)25-24(19)20-11-7-8-12-21(20)30-3/h4-14,16H,15,17H2,1-3H3/b14-13+.